The standard InChI is InChI=1S/C36H42FNO7/c1-36(2,45)22-21-24-5-3-7-28(18-11-24)38-32(29(33(38)40)19-20-31(39)25-14-16-27(37)17-15-25)26-12-9-23(10-13-26)6-4-8-30(34(41)42)35(43)44/h5,7,9-18,29-32,39,45H,3-4,6,8,19-22H2,1-2H3,(H,41,42)(H,43,44). The molecule has 9 heteroatoms. The molecule has 0 spiro atoms. The van der Waals surface area contributed by atoms with Crippen LogP contribution < -0.4 is 0 Å². The summed E-state index contributed by atoms with van der Waals surface area (Å²) >= 11 is 0. The zero-order valence-electron chi connectivity index (χ0n) is 25.7. The summed E-state index contributed by atoms with van der Waals surface area (Å²) in [4.78, 5) is 37.8. The molecule has 4 rings (SSSR count). The number of hydrogen-bond donors (Lipinski definition) is 4. The number of β-lactam (4-membered cyclic amide) rings is 1. The Morgan fingerprint density at radius 2 is 1.62 bits per heavy atom. The topological polar surface area (TPSA) is 135 Å². The van der Waals surface area contributed by atoms with E-state index in [1.54, 1.807) is 30.9 Å². The van der Waals surface area contributed by atoms with Crippen molar-refractivity contribution < 1.29 is 39.2 Å². The molecule has 1 aliphatic heterocycles. The third-order valence-electron chi connectivity index (χ3n) is 8.57. The lowest BCUT2D eigenvalue weighted by Gasteiger charge is -2.48. The van der Waals surface area contributed by atoms with Crippen molar-refractivity contribution in [1.29, 1.82) is 0 Å². The van der Waals surface area contributed by atoms with Crippen molar-refractivity contribution in [3.63, 3.8) is 0 Å². The number of aliphatic hydroxyl groups is 2. The van der Waals surface area contributed by atoms with E-state index in [4.69, 9.17) is 10.2 Å². The van der Waals surface area contributed by atoms with Crippen LogP contribution in [-0.2, 0) is 20.8 Å². The number of halogens is 1. The van der Waals surface area contributed by atoms with Crippen LogP contribution in [0.3, 0.4) is 0 Å². The Morgan fingerprint density at radius 3 is 2.24 bits per heavy atom. The van der Waals surface area contributed by atoms with E-state index in [0.717, 1.165) is 22.4 Å². The van der Waals surface area contributed by atoms with Gasteiger partial charge in [0, 0.05) is 5.70 Å². The number of amides is 1. The number of aliphatic hydroxyl groups excluding tert-OH is 1. The van der Waals surface area contributed by atoms with E-state index in [1.807, 2.05) is 42.5 Å². The lowest BCUT2D eigenvalue weighted by molar-refractivity contribution is -0.155. The fourth-order valence-electron chi connectivity index (χ4n) is 5.91. The zero-order valence-corrected chi connectivity index (χ0v) is 25.7. The minimum Gasteiger partial charge on any atom is -0.481 e. The van der Waals surface area contributed by atoms with Gasteiger partial charge in [0.05, 0.1) is 23.7 Å². The Labute approximate surface area is 263 Å². The molecular weight excluding hydrogens is 577 g/mol. The van der Waals surface area contributed by atoms with Crippen LogP contribution in [0.1, 0.15) is 87.6 Å². The molecule has 1 fully saturated rings. The van der Waals surface area contributed by atoms with Crippen LogP contribution >= 0.6 is 0 Å². The normalized spacial score (nSPS) is 19.1. The minimum atomic E-state index is -1.43. The molecule has 240 valence electrons. The maximum Gasteiger partial charge on any atom is 0.317 e. The van der Waals surface area contributed by atoms with E-state index in [9.17, 15) is 29.0 Å². The highest BCUT2D eigenvalue weighted by atomic mass is 19.1. The first-order valence-electron chi connectivity index (χ1n) is 15.4. The summed E-state index contributed by atoms with van der Waals surface area (Å²) in [7, 11) is 0. The van der Waals surface area contributed by atoms with E-state index in [-0.39, 0.29) is 30.1 Å². The van der Waals surface area contributed by atoms with Crippen LogP contribution in [0.25, 0.3) is 0 Å². The summed E-state index contributed by atoms with van der Waals surface area (Å²) in [6.45, 7) is 3.56. The fourth-order valence-corrected chi connectivity index (χ4v) is 5.91. The average molecular weight is 620 g/mol. The molecular formula is C36H42FNO7. The molecule has 0 aromatic heterocycles. The molecule has 2 aromatic carbocycles. The number of rotatable bonds is 15. The Balaban J connectivity index is 1.49. The molecule has 45 heavy (non-hydrogen) atoms. The molecule has 1 saturated heterocycles. The van der Waals surface area contributed by atoms with Gasteiger partial charge in [0.1, 0.15) is 5.82 Å². The summed E-state index contributed by atoms with van der Waals surface area (Å²) in [5.41, 5.74) is 3.54. The number of benzene rings is 2. The van der Waals surface area contributed by atoms with Crippen molar-refractivity contribution in [2.45, 2.75) is 83.0 Å². The van der Waals surface area contributed by atoms with Crippen LogP contribution in [0, 0.1) is 17.7 Å². The second-order valence-electron chi connectivity index (χ2n) is 12.6. The van der Waals surface area contributed by atoms with Gasteiger partial charge in [-0.2, -0.15) is 0 Å². The van der Waals surface area contributed by atoms with Crippen LogP contribution in [-0.4, -0.2) is 48.8 Å². The molecule has 4 N–H and O–H groups in total. The third-order valence-corrected chi connectivity index (χ3v) is 8.57. The SMILES string of the molecule is CC(C)(O)CCC1=CCC=C(N2C(=O)C(CCC(O)c3ccc(F)cc3)C2c2ccc(CCCC(C(=O)O)C(=O)O)cc2)C=C1. The smallest absolute Gasteiger partial charge is 0.317 e. The van der Waals surface area contributed by atoms with Crippen molar-refractivity contribution in [1.82, 2.24) is 4.90 Å². The van der Waals surface area contributed by atoms with Crippen LogP contribution in [0.5, 0.6) is 0 Å². The Bertz CT molecular complexity index is 1440. The molecule has 3 unspecified atom stereocenters. The van der Waals surface area contributed by atoms with E-state index < -0.39 is 29.6 Å². The number of carbonyl (C=O) groups is 3. The highest BCUT2D eigenvalue weighted by Gasteiger charge is 2.48. The molecule has 0 radical (unpaired) electrons. The van der Waals surface area contributed by atoms with Gasteiger partial charge < -0.3 is 25.3 Å². The van der Waals surface area contributed by atoms with E-state index in [0.29, 0.717) is 50.5 Å². The van der Waals surface area contributed by atoms with E-state index in [1.165, 1.54) is 12.1 Å². The first kappa shape index (κ1) is 33.8. The number of allylic oxidation sites excluding steroid dienone is 5. The van der Waals surface area contributed by atoms with Crippen LogP contribution in [0.4, 0.5) is 4.39 Å². The third kappa shape index (κ3) is 8.99. The van der Waals surface area contributed by atoms with Gasteiger partial charge in [-0.1, -0.05) is 60.2 Å². The van der Waals surface area contributed by atoms with Crippen molar-refractivity contribution in [2.24, 2.45) is 11.8 Å². The number of carboxylic acids is 2. The van der Waals surface area contributed by atoms with E-state index >= 15 is 0 Å². The molecule has 2 aromatic rings. The van der Waals surface area contributed by atoms with Gasteiger partial charge in [0.15, 0.2) is 5.92 Å². The molecule has 2 aliphatic rings. The van der Waals surface area contributed by atoms with Crippen LogP contribution in [0.15, 0.2) is 84.1 Å². The molecule has 1 heterocycles. The van der Waals surface area contributed by atoms with Crippen molar-refractivity contribution in [3.05, 3.63) is 107 Å². The zero-order chi connectivity index (χ0) is 32.7. The van der Waals surface area contributed by atoms with E-state index in [2.05, 4.69) is 6.08 Å². The first-order chi connectivity index (χ1) is 21.3. The van der Waals surface area contributed by atoms with Gasteiger partial charge in [0.25, 0.3) is 0 Å². The molecule has 3 atom stereocenters. The molecule has 0 saturated carbocycles. The highest BCUT2D eigenvalue weighted by Crippen LogP contribution is 2.46. The largest absolute Gasteiger partial charge is 0.481 e. The predicted octanol–water partition coefficient (Wildman–Crippen LogP) is 6.27. The summed E-state index contributed by atoms with van der Waals surface area (Å²) in [5, 5.41) is 39.2. The monoisotopic (exact) mass is 619 g/mol. The predicted molar refractivity (Wildman–Crippen MR) is 167 cm³/mol. The molecule has 0 bridgehead atoms. The lowest BCUT2D eigenvalue weighted by Crippen LogP contribution is -2.54. The number of carboxylic acid groups (broad SMARTS) is 2. The lowest BCUT2D eigenvalue weighted by atomic mass is 9.78. The number of carbonyl (C=O) groups excluding carboxylic acids is 1. The van der Waals surface area contributed by atoms with Gasteiger partial charge in [-0.05, 0) is 100 Å². The Morgan fingerprint density at radius 1 is 0.956 bits per heavy atom. The minimum absolute atomic E-state index is 0.0299. The second-order valence-corrected chi connectivity index (χ2v) is 12.6. The number of likely N-dealkylation sites (tertiary alicyclic amines) is 1. The molecule has 1 amide bonds. The number of hydrogen-bond acceptors (Lipinski definition) is 5. The van der Waals surface area contributed by atoms with Crippen molar-refractivity contribution in [3.8, 4) is 0 Å². The average Bonchev–Trinajstić information content (AvgIpc) is 3.22. The Kier molecular flexibility index (Phi) is 11.1. The number of aliphatic carboxylic acids is 2. The maximum atomic E-state index is 13.6. The fraction of sp³-hybridized carbons (Fsp3) is 0.417. The number of aryl methyl sites for hydroxylation is 1. The molecule has 8 nitrogen and oxygen atoms in total. The second kappa shape index (κ2) is 14.8. The Hall–Kier alpha value is -4.08. The highest BCUT2D eigenvalue weighted by molar-refractivity contribution is 5.92. The summed E-state index contributed by atoms with van der Waals surface area (Å²) in [5.74, 6) is -4.92. The van der Waals surface area contributed by atoms with Crippen molar-refractivity contribution in [2.75, 3.05) is 0 Å². The van der Waals surface area contributed by atoms with Gasteiger partial charge >= 0.3 is 11.9 Å². The maximum absolute atomic E-state index is 13.6. The van der Waals surface area contributed by atoms with Gasteiger partial charge in [-0.25, -0.2) is 4.39 Å². The summed E-state index contributed by atoms with van der Waals surface area (Å²) in [6.07, 6.45) is 10.9. The first-order valence-corrected chi connectivity index (χ1v) is 15.4. The summed E-state index contributed by atoms with van der Waals surface area (Å²) in [6, 6.07) is 13.2. The molecule has 1 aliphatic carbocycles. The number of nitrogens with zero attached hydrogens (tertiary/aromatic N) is 1. The quantitative estimate of drug-likeness (QED) is 0.136. The van der Waals surface area contributed by atoms with Crippen LogP contribution in [0.2, 0.25) is 0 Å². The van der Waals surface area contributed by atoms with Gasteiger partial charge in [-0.15, -0.1) is 0 Å². The summed E-state index contributed by atoms with van der Waals surface area (Å²) < 4.78 is 13.4. The van der Waals surface area contributed by atoms with Gasteiger partial charge in [0.2, 0.25) is 5.91 Å². The van der Waals surface area contributed by atoms with Gasteiger partial charge in [-0.3, -0.25) is 14.4 Å². The van der Waals surface area contributed by atoms with Crippen molar-refractivity contribution >= 4 is 17.8 Å².